The van der Waals surface area contributed by atoms with Crippen LogP contribution in [0.25, 0.3) is 0 Å². The number of hydrogen-bond donors (Lipinski definition) is 2. The monoisotopic (exact) mass is 424 g/mol. The van der Waals surface area contributed by atoms with Crippen molar-refractivity contribution in [3.8, 4) is 5.75 Å². The SMILES string of the molecule is CCOCC(COc1ccc(F)cc1)NCc1ccc(C(C)NS(C)(=O)=O)cc1. The van der Waals surface area contributed by atoms with Gasteiger partial charge in [-0.25, -0.2) is 17.5 Å². The lowest BCUT2D eigenvalue weighted by Crippen LogP contribution is -2.38. The number of halogens is 1. The molecule has 0 radical (unpaired) electrons. The highest BCUT2D eigenvalue weighted by atomic mass is 32.2. The summed E-state index contributed by atoms with van der Waals surface area (Å²) < 4.78 is 49.5. The minimum atomic E-state index is -3.25. The van der Waals surface area contributed by atoms with Crippen molar-refractivity contribution < 1.29 is 22.3 Å². The van der Waals surface area contributed by atoms with Crippen molar-refractivity contribution >= 4 is 10.0 Å². The van der Waals surface area contributed by atoms with Gasteiger partial charge in [-0.15, -0.1) is 0 Å². The van der Waals surface area contributed by atoms with Gasteiger partial charge in [0, 0.05) is 19.2 Å². The van der Waals surface area contributed by atoms with Crippen LogP contribution in [0.3, 0.4) is 0 Å². The Kier molecular flexibility index (Phi) is 9.03. The molecule has 0 aromatic heterocycles. The summed E-state index contributed by atoms with van der Waals surface area (Å²) in [6.45, 7) is 5.83. The van der Waals surface area contributed by atoms with Crippen molar-refractivity contribution in [2.75, 3.05) is 26.1 Å². The Balaban J connectivity index is 1.89. The van der Waals surface area contributed by atoms with E-state index in [2.05, 4.69) is 10.0 Å². The highest BCUT2D eigenvalue weighted by Crippen LogP contribution is 2.15. The third-order valence-corrected chi connectivity index (χ3v) is 5.04. The van der Waals surface area contributed by atoms with Gasteiger partial charge in [0.1, 0.15) is 18.2 Å². The molecule has 0 heterocycles. The van der Waals surface area contributed by atoms with Gasteiger partial charge < -0.3 is 14.8 Å². The Hall–Kier alpha value is -2.00. The van der Waals surface area contributed by atoms with Crippen molar-refractivity contribution in [2.45, 2.75) is 32.5 Å². The molecule has 2 aromatic carbocycles. The van der Waals surface area contributed by atoms with E-state index in [4.69, 9.17) is 9.47 Å². The smallest absolute Gasteiger partial charge is 0.209 e. The van der Waals surface area contributed by atoms with Crippen LogP contribution in [0, 0.1) is 5.82 Å². The quantitative estimate of drug-likeness (QED) is 0.548. The Morgan fingerprint density at radius 3 is 2.28 bits per heavy atom. The highest BCUT2D eigenvalue weighted by molar-refractivity contribution is 7.88. The fraction of sp³-hybridized carbons (Fsp3) is 0.429. The second-order valence-electron chi connectivity index (χ2n) is 6.86. The van der Waals surface area contributed by atoms with Crippen molar-refractivity contribution in [3.63, 3.8) is 0 Å². The topological polar surface area (TPSA) is 76.7 Å². The summed E-state index contributed by atoms with van der Waals surface area (Å²) in [4.78, 5) is 0. The van der Waals surface area contributed by atoms with Crippen molar-refractivity contribution in [2.24, 2.45) is 0 Å². The molecular formula is C21H29FN2O4S. The molecule has 2 rings (SSSR count). The molecular weight excluding hydrogens is 395 g/mol. The molecule has 0 bridgehead atoms. The summed E-state index contributed by atoms with van der Waals surface area (Å²) in [6, 6.07) is 13.3. The number of benzene rings is 2. The molecule has 0 saturated carbocycles. The van der Waals surface area contributed by atoms with E-state index in [0.717, 1.165) is 17.4 Å². The molecule has 0 amide bonds. The molecule has 8 heteroatoms. The lowest BCUT2D eigenvalue weighted by molar-refractivity contribution is 0.102. The summed E-state index contributed by atoms with van der Waals surface area (Å²) >= 11 is 0. The van der Waals surface area contributed by atoms with Gasteiger partial charge in [-0.05, 0) is 49.2 Å². The van der Waals surface area contributed by atoms with Gasteiger partial charge in [-0.1, -0.05) is 24.3 Å². The second-order valence-corrected chi connectivity index (χ2v) is 8.64. The molecule has 2 aromatic rings. The largest absolute Gasteiger partial charge is 0.492 e. The number of hydrogen-bond acceptors (Lipinski definition) is 5. The summed E-state index contributed by atoms with van der Waals surface area (Å²) in [5.41, 5.74) is 1.95. The average Bonchev–Trinajstić information content (AvgIpc) is 2.67. The van der Waals surface area contributed by atoms with Crippen LogP contribution in [0.5, 0.6) is 5.75 Å². The van der Waals surface area contributed by atoms with Crippen LogP contribution < -0.4 is 14.8 Å². The predicted octanol–water partition coefficient (Wildman–Crippen LogP) is 3.01. The third kappa shape index (κ3) is 8.91. The Labute approximate surface area is 172 Å². The lowest BCUT2D eigenvalue weighted by atomic mass is 10.1. The van der Waals surface area contributed by atoms with E-state index in [1.165, 1.54) is 12.1 Å². The van der Waals surface area contributed by atoms with Crippen molar-refractivity contribution in [1.82, 2.24) is 10.0 Å². The van der Waals surface area contributed by atoms with E-state index in [0.29, 0.717) is 32.1 Å². The van der Waals surface area contributed by atoms with Crippen molar-refractivity contribution in [1.29, 1.82) is 0 Å². The maximum Gasteiger partial charge on any atom is 0.209 e. The van der Waals surface area contributed by atoms with Crippen LogP contribution in [0.4, 0.5) is 4.39 Å². The van der Waals surface area contributed by atoms with Gasteiger partial charge in [0.25, 0.3) is 0 Å². The number of rotatable bonds is 12. The molecule has 160 valence electrons. The standard InChI is InChI=1S/C21H29FN2O4S/c1-4-27-14-20(15-28-21-11-9-19(22)10-12-21)23-13-17-5-7-18(8-6-17)16(2)24-29(3,25)26/h5-12,16,20,23-24H,4,13-15H2,1-3H3. The van der Waals surface area contributed by atoms with E-state index >= 15 is 0 Å². The maximum absolute atomic E-state index is 13.0. The maximum atomic E-state index is 13.0. The fourth-order valence-corrected chi connectivity index (χ4v) is 3.51. The normalized spacial score (nSPS) is 13.8. The minimum absolute atomic E-state index is 0.0366. The highest BCUT2D eigenvalue weighted by Gasteiger charge is 2.12. The lowest BCUT2D eigenvalue weighted by Gasteiger charge is -2.20. The van der Waals surface area contributed by atoms with Gasteiger partial charge >= 0.3 is 0 Å². The van der Waals surface area contributed by atoms with Gasteiger partial charge in [0.15, 0.2) is 0 Å². The first-order chi connectivity index (χ1) is 13.8. The Morgan fingerprint density at radius 2 is 1.69 bits per heavy atom. The van der Waals surface area contributed by atoms with E-state index in [1.807, 2.05) is 31.2 Å². The van der Waals surface area contributed by atoms with Gasteiger partial charge in [0.05, 0.1) is 18.9 Å². The van der Waals surface area contributed by atoms with Crippen LogP contribution >= 0.6 is 0 Å². The summed E-state index contributed by atoms with van der Waals surface area (Å²) in [5, 5.41) is 3.40. The van der Waals surface area contributed by atoms with Crippen LogP contribution in [-0.2, 0) is 21.3 Å². The van der Waals surface area contributed by atoms with Crippen LogP contribution in [-0.4, -0.2) is 40.5 Å². The molecule has 0 saturated heterocycles. The minimum Gasteiger partial charge on any atom is -0.492 e. The summed E-state index contributed by atoms with van der Waals surface area (Å²) in [7, 11) is -3.25. The first kappa shape index (κ1) is 23.3. The summed E-state index contributed by atoms with van der Waals surface area (Å²) in [5.74, 6) is 0.303. The summed E-state index contributed by atoms with van der Waals surface area (Å²) in [6.07, 6.45) is 1.15. The van der Waals surface area contributed by atoms with E-state index < -0.39 is 10.0 Å². The Morgan fingerprint density at radius 1 is 1.03 bits per heavy atom. The van der Waals surface area contributed by atoms with E-state index in [1.54, 1.807) is 19.1 Å². The molecule has 0 spiro atoms. The number of sulfonamides is 1. The molecule has 2 unspecified atom stereocenters. The van der Waals surface area contributed by atoms with Gasteiger partial charge in [0.2, 0.25) is 10.0 Å². The number of ether oxygens (including phenoxy) is 2. The van der Waals surface area contributed by atoms with E-state index in [-0.39, 0.29) is 17.9 Å². The van der Waals surface area contributed by atoms with Crippen molar-refractivity contribution in [3.05, 3.63) is 65.5 Å². The van der Waals surface area contributed by atoms with Crippen LogP contribution in [0.2, 0.25) is 0 Å². The van der Waals surface area contributed by atoms with Gasteiger partial charge in [-0.2, -0.15) is 0 Å². The zero-order chi connectivity index (χ0) is 21.3. The molecule has 0 aliphatic rings. The Bertz CT molecular complexity index is 842. The van der Waals surface area contributed by atoms with E-state index in [9.17, 15) is 12.8 Å². The first-order valence-electron chi connectivity index (χ1n) is 9.52. The molecule has 0 aliphatic heterocycles. The average molecular weight is 425 g/mol. The molecule has 2 N–H and O–H groups in total. The zero-order valence-electron chi connectivity index (χ0n) is 17.0. The van der Waals surface area contributed by atoms with Crippen LogP contribution in [0.1, 0.15) is 31.0 Å². The second kappa shape index (κ2) is 11.3. The fourth-order valence-electron chi connectivity index (χ4n) is 2.73. The predicted molar refractivity (Wildman–Crippen MR) is 112 cm³/mol. The number of nitrogens with one attached hydrogen (secondary N) is 2. The molecule has 6 nitrogen and oxygen atoms in total. The van der Waals surface area contributed by atoms with Crippen LogP contribution in [0.15, 0.2) is 48.5 Å². The molecule has 0 fully saturated rings. The first-order valence-corrected chi connectivity index (χ1v) is 11.4. The van der Waals surface area contributed by atoms with Gasteiger partial charge in [-0.3, -0.25) is 0 Å². The molecule has 29 heavy (non-hydrogen) atoms. The molecule has 0 aliphatic carbocycles. The zero-order valence-corrected chi connectivity index (χ0v) is 17.8. The molecule has 2 atom stereocenters. The third-order valence-electron chi connectivity index (χ3n) is 4.25.